The van der Waals surface area contributed by atoms with E-state index in [1.807, 2.05) is 0 Å². The van der Waals surface area contributed by atoms with Crippen molar-refractivity contribution in [3.05, 3.63) is 18.2 Å². The van der Waals surface area contributed by atoms with Crippen molar-refractivity contribution in [3.8, 4) is 0 Å². The first-order valence-corrected chi connectivity index (χ1v) is 8.83. The van der Waals surface area contributed by atoms with Gasteiger partial charge in [0.05, 0.1) is 13.6 Å². The quantitative estimate of drug-likeness (QED) is 0.384. The zero-order valence-electron chi connectivity index (χ0n) is 14.0. The van der Waals surface area contributed by atoms with E-state index in [4.69, 9.17) is 0 Å². The summed E-state index contributed by atoms with van der Waals surface area (Å²) in [7, 11) is 2.18. The van der Waals surface area contributed by atoms with Crippen molar-refractivity contribution < 1.29 is 4.57 Å². The van der Waals surface area contributed by atoms with Crippen LogP contribution in [0.15, 0.2) is 12.4 Å². The van der Waals surface area contributed by atoms with Gasteiger partial charge < -0.3 is 0 Å². The number of unbranched alkanes of at least 4 members (excludes halogenated alkanes) is 8. The number of hydrogen-bond acceptors (Lipinski definition) is 0. The van der Waals surface area contributed by atoms with E-state index in [1.165, 1.54) is 83.0 Å². The average Bonchev–Trinajstić information content (AvgIpc) is 2.80. The molecule has 0 aliphatic heterocycles. The summed E-state index contributed by atoms with van der Waals surface area (Å²) in [6.07, 6.45) is 19.5. The number of imidazole rings is 1. The Morgan fingerprint density at radius 1 is 0.850 bits per heavy atom. The van der Waals surface area contributed by atoms with Crippen LogP contribution in [-0.2, 0) is 20.0 Å². The van der Waals surface area contributed by atoms with E-state index < -0.39 is 0 Å². The van der Waals surface area contributed by atoms with Crippen molar-refractivity contribution in [2.24, 2.45) is 7.05 Å². The molecule has 0 saturated heterocycles. The van der Waals surface area contributed by atoms with Crippen LogP contribution in [0.4, 0.5) is 0 Å². The summed E-state index contributed by atoms with van der Waals surface area (Å²) in [5, 5.41) is 0. The van der Waals surface area contributed by atoms with Crippen molar-refractivity contribution in [2.45, 2.75) is 91.0 Å². The summed E-state index contributed by atoms with van der Waals surface area (Å²) in [5.41, 5.74) is 0. The van der Waals surface area contributed by atoms with Gasteiger partial charge in [0.1, 0.15) is 12.4 Å². The maximum Gasteiger partial charge on any atom is 0.256 e. The van der Waals surface area contributed by atoms with Gasteiger partial charge in [0.25, 0.3) is 5.82 Å². The van der Waals surface area contributed by atoms with Crippen LogP contribution >= 0.6 is 0 Å². The minimum atomic E-state index is 1.20. The Hall–Kier alpha value is -0.790. The summed E-state index contributed by atoms with van der Waals surface area (Å²) in [4.78, 5) is 0. The van der Waals surface area contributed by atoms with Gasteiger partial charge in [-0.05, 0) is 19.3 Å². The van der Waals surface area contributed by atoms with Crippen molar-refractivity contribution in [3.63, 3.8) is 0 Å². The molecule has 0 bridgehead atoms. The lowest BCUT2D eigenvalue weighted by Gasteiger charge is -2.03. The van der Waals surface area contributed by atoms with E-state index in [-0.39, 0.29) is 0 Å². The van der Waals surface area contributed by atoms with Gasteiger partial charge in [-0.15, -0.1) is 0 Å². The normalized spacial score (nSPS) is 11.2. The lowest BCUT2D eigenvalue weighted by atomic mass is 10.1. The molecule has 2 heteroatoms. The molecule has 0 N–H and O–H groups in total. The average molecular weight is 279 g/mol. The predicted molar refractivity (Wildman–Crippen MR) is 86.8 cm³/mol. The highest BCUT2D eigenvalue weighted by molar-refractivity contribution is 4.83. The Labute approximate surface area is 126 Å². The zero-order valence-corrected chi connectivity index (χ0v) is 14.0. The van der Waals surface area contributed by atoms with Gasteiger partial charge >= 0.3 is 0 Å². The molecular formula is C18H35N2+. The summed E-state index contributed by atoms with van der Waals surface area (Å²) < 4.78 is 4.76. The molecule has 0 unspecified atom stereocenters. The third-order valence-corrected chi connectivity index (χ3v) is 4.22. The lowest BCUT2D eigenvalue weighted by molar-refractivity contribution is -0.678. The molecule has 1 heterocycles. The van der Waals surface area contributed by atoms with E-state index in [9.17, 15) is 0 Å². The molecule has 0 aromatic carbocycles. The van der Waals surface area contributed by atoms with Crippen LogP contribution in [0.5, 0.6) is 0 Å². The SMILES string of the molecule is CCCCCCCCCCn1cc[n+](C)c1CCCC. The monoisotopic (exact) mass is 279 g/mol. The van der Waals surface area contributed by atoms with Crippen molar-refractivity contribution in [2.75, 3.05) is 0 Å². The van der Waals surface area contributed by atoms with Crippen molar-refractivity contribution in [1.82, 2.24) is 4.57 Å². The fourth-order valence-electron chi connectivity index (χ4n) is 2.83. The molecule has 0 spiro atoms. The van der Waals surface area contributed by atoms with Gasteiger partial charge in [-0.25, -0.2) is 9.13 Å². The number of aromatic nitrogens is 2. The Morgan fingerprint density at radius 3 is 2.10 bits per heavy atom. The largest absolute Gasteiger partial charge is 0.256 e. The predicted octanol–water partition coefficient (Wildman–Crippen LogP) is 4.80. The molecule has 0 atom stereocenters. The molecule has 116 valence electrons. The van der Waals surface area contributed by atoms with Crippen LogP contribution < -0.4 is 4.57 Å². The molecule has 0 radical (unpaired) electrons. The molecule has 1 aromatic rings. The highest BCUT2D eigenvalue weighted by atomic mass is 15.1. The Morgan fingerprint density at radius 2 is 1.45 bits per heavy atom. The van der Waals surface area contributed by atoms with E-state index in [1.54, 1.807) is 0 Å². The fourth-order valence-corrected chi connectivity index (χ4v) is 2.83. The topological polar surface area (TPSA) is 8.81 Å². The summed E-state index contributed by atoms with van der Waals surface area (Å²) >= 11 is 0. The standard InChI is InChI=1S/C18H35N2/c1-4-6-8-9-10-11-12-13-15-20-17-16-19(3)18(20)14-7-5-2/h16-17H,4-15H2,1-3H3/q+1. The molecular weight excluding hydrogens is 244 g/mol. The Bertz CT molecular complexity index is 341. The number of aryl methyl sites for hydroxylation is 2. The van der Waals surface area contributed by atoms with Crippen LogP contribution in [0.25, 0.3) is 0 Å². The molecule has 1 rings (SSSR count). The Kier molecular flexibility index (Phi) is 9.44. The van der Waals surface area contributed by atoms with Gasteiger partial charge in [0, 0.05) is 6.42 Å². The van der Waals surface area contributed by atoms with E-state index >= 15 is 0 Å². The van der Waals surface area contributed by atoms with Gasteiger partial charge in [0.2, 0.25) is 0 Å². The third-order valence-electron chi connectivity index (χ3n) is 4.22. The van der Waals surface area contributed by atoms with Crippen LogP contribution in [0.3, 0.4) is 0 Å². The van der Waals surface area contributed by atoms with Crippen molar-refractivity contribution >= 4 is 0 Å². The molecule has 2 nitrogen and oxygen atoms in total. The number of rotatable bonds is 12. The minimum Gasteiger partial charge on any atom is -0.237 e. The first-order chi connectivity index (χ1) is 9.79. The van der Waals surface area contributed by atoms with E-state index in [2.05, 4.69) is 42.4 Å². The van der Waals surface area contributed by atoms with E-state index in [0.717, 1.165) is 0 Å². The molecule has 1 aromatic heterocycles. The van der Waals surface area contributed by atoms with Gasteiger partial charge in [-0.3, -0.25) is 0 Å². The second-order valence-corrected chi connectivity index (χ2v) is 6.10. The molecule has 0 amide bonds. The minimum absolute atomic E-state index is 1.20. The number of nitrogens with zero attached hydrogens (tertiary/aromatic N) is 2. The summed E-state index contributed by atoms with van der Waals surface area (Å²) in [6.45, 7) is 5.76. The van der Waals surface area contributed by atoms with Gasteiger partial charge in [0.15, 0.2) is 0 Å². The summed E-state index contributed by atoms with van der Waals surface area (Å²) in [6, 6.07) is 0. The second kappa shape index (κ2) is 10.9. The van der Waals surface area contributed by atoms with Crippen LogP contribution in [0, 0.1) is 0 Å². The third kappa shape index (κ3) is 6.58. The molecule has 0 saturated carbocycles. The van der Waals surface area contributed by atoms with E-state index in [0.29, 0.717) is 0 Å². The molecule has 0 aliphatic carbocycles. The Balaban J connectivity index is 2.15. The zero-order chi connectivity index (χ0) is 14.6. The van der Waals surface area contributed by atoms with Gasteiger partial charge in [-0.1, -0.05) is 58.8 Å². The molecule has 20 heavy (non-hydrogen) atoms. The first-order valence-electron chi connectivity index (χ1n) is 8.83. The van der Waals surface area contributed by atoms with Crippen LogP contribution in [0.2, 0.25) is 0 Å². The fraction of sp³-hybridized carbons (Fsp3) is 0.833. The van der Waals surface area contributed by atoms with Crippen LogP contribution in [-0.4, -0.2) is 4.57 Å². The molecule has 0 aliphatic rings. The maximum atomic E-state index is 2.47. The van der Waals surface area contributed by atoms with Crippen LogP contribution in [0.1, 0.15) is 83.9 Å². The first kappa shape index (κ1) is 17.3. The number of hydrogen-bond donors (Lipinski definition) is 0. The maximum absolute atomic E-state index is 2.47. The second-order valence-electron chi connectivity index (χ2n) is 6.10. The highest BCUT2D eigenvalue weighted by Gasteiger charge is 2.12. The molecule has 0 fully saturated rings. The lowest BCUT2D eigenvalue weighted by Crippen LogP contribution is -2.32. The summed E-state index contributed by atoms with van der Waals surface area (Å²) in [5.74, 6) is 1.50. The van der Waals surface area contributed by atoms with Gasteiger partial charge in [-0.2, -0.15) is 0 Å². The highest BCUT2D eigenvalue weighted by Crippen LogP contribution is 2.10. The smallest absolute Gasteiger partial charge is 0.237 e. The van der Waals surface area contributed by atoms with Crippen molar-refractivity contribution in [1.29, 1.82) is 0 Å².